The van der Waals surface area contributed by atoms with E-state index in [-0.39, 0.29) is 35.1 Å². The number of guanidine groups is 1. The maximum absolute atomic E-state index is 12.6. The van der Waals surface area contributed by atoms with Crippen molar-refractivity contribution in [2.45, 2.75) is 32.5 Å². The van der Waals surface area contributed by atoms with Crippen molar-refractivity contribution in [3.8, 4) is 0 Å². The highest BCUT2D eigenvalue weighted by molar-refractivity contribution is 14.0. The molecule has 182 valence electrons. The molecular formula is C21H33F3IN5O2. The van der Waals surface area contributed by atoms with Gasteiger partial charge in [-0.2, -0.15) is 13.2 Å². The molecule has 0 atom stereocenters. The van der Waals surface area contributed by atoms with Crippen molar-refractivity contribution in [2.75, 3.05) is 52.5 Å². The lowest BCUT2D eigenvalue weighted by Gasteiger charge is -2.39. The number of aliphatic imine (C=N–C) groups is 1. The fourth-order valence-corrected chi connectivity index (χ4v) is 3.15. The molecule has 0 aliphatic carbocycles. The van der Waals surface area contributed by atoms with E-state index in [4.69, 9.17) is 4.74 Å². The number of morpholine rings is 1. The van der Waals surface area contributed by atoms with Gasteiger partial charge in [-0.25, -0.2) is 0 Å². The quantitative estimate of drug-likeness (QED) is 0.194. The standard InChI is InChI=1S/C21H32F3N5O2.HI/c1-4-25-19(28-15-20(2,3)29-11-13-31-14-12-29)27-10-9-26-18(30)16-5-7-17(8-6-16)21(22,23)24;/h5-8H,4,9-15H2,1-3H3,(H,26,30)(H2,25,27,28);1H. The van der Waals surface area contributed by atoms with Gasteiger partial charge in [0, 0.05) is 43.8 Å². The van der Waals surface area contributed by atoms with Crippen molar-refractivity contribution in [1.82, 2.24) is 20.9 Å². The lowest BCUT2D eigenvalue weighted by molar-refractivity contribution is -0.137. The van der Waals surface area contributed by atoms with Gasteiger partial charge < -0.3 is 20.7 Å². The first-order chi connectivity index (χ1) is 14.6. The second-order valence-electron chi connectivity index (χ2n) is 7.86. The Morgan fingerprint density at radius 2 is 1.66 bits per heavy atom. The number of halogens is 4. The maximum atomic E-state index is 12.6. The molecule has 1 heterocycles. The zero-order chi connectivity index (χ0) is 22.9. The summed E-state index contributed by atoms with van der Waals surface area (Å²) in [6, 6.07) is 4.15. The normalized spacial score (nSPS) is 15.6. The van der Waals surface area contributed by atoms with Gasteiger partial charge in [-0.3, -0.25) is 14.7 Å². The highest BCUT2D eigenvalue weighted by atomic mass is 127. The molecule has 1 saturated heterocycles. The Hall–Kier alpha value is -1.60. The van der Waals surface area contributed by atoms with Gasteiger partial charge in [-0.15, -0.1) is 24.0 Å². The van der Waals surface area contributed by atoms with Crippen LogP contribution in [0.4, 0.5) is 13.2 Å². The number of nitrogens with zero attached hydrogens (tertiary/aromatic N) is 2. The second kappa shape index (κ2) is 13.2. The first-order valence-electron chi connectivity index (χ1n) is 10.4. The number of nitrogens with one attached hydrogen (secondary N) is 3. The third-order valence-electron chi connectivity index (χ3n) is 5.01. The first kappa shape index (κ1) is 28.4. The number of hydrogen-bond donors (Lipinski definition) is 3. The van der Waals surface area contributed by atoms with Crippen molar-refractivity contribution in [2.24, 2.45) is 4.99 Å². The van der Waals surface area contributed by atoms with Crippen molar-refractivity contribution < 1.29 is 22.7 Å². The Balaban J connectivity index is 0.00000512. The first-order valence-corrected chi connectivity index (χ1v) is 10.4. The van der Waals surface area contributed by atoms with Gasteiger partial charge in [0.1, 0.15) is 0 Å². The monoisotopic (exact) mass is 571 g/mol. The molecule has 1 fully saturated rings. The number of amides is 1. The number of alkyl halides is 3. The van der Waals surface area contributed by atoms with Crippen LogP contribution >= 0.6 is 24.0 Å². The Bertz CT molecular complexity index is 736. The SMILES string of the molecule is CCNC(=NCC(C)(C)N1CCOCC1)NCCNC(=O)c1ccc(C(F)(F)F)cc1.I. The minimum absolute atomic E-state index is 0. The zero-order valence-corrected chi connectivity index (χ0v) is 21.0. The Morgan fingerprint density at radius 3 is 2.22 bits per heavy atom. The average Bonchev–Trinajstić information content (AvgIpc) is 2.75. The molecule has 0 unspecified atom stereocenters. The molecule has 2 rings (SSSR count). The van der Waals surface area contributed by atoms with Crippen LogP contribution in [-0.4, -0.2) is 74.8 Å². The summed E-state index contributed by atoms with van der Waals surface area (Å²) in [7, 11) is 0. The van der Waals surface area contributed by atoms with E-state index >= 15 is 0 Å². The third-order valence-corrected chi connectivity index (χ3v) is 5.01. The highest BCUT2D eigenvalue weighted by Gasteiger charge is 2.30. The Labute approximate surface area is 204 Å². The number of ether oxygens (including phenoxy) is 1. The van der Waals surface area contributed by atoms with E-state index in [1.54, 1.807) is 0 Å². The molecule has 1 aromatic carbocycles. The van der Waals surface area contributed by atoms with Crippen LogP contribution in [0.5, 0.6) is 0 Å². The van der Waals surface area contributed by atoms with Crippen molar-refractivity contribution in [1.29, 1.82) is 0 Å². The smallest absolute Gasteiger partial charge is 0.379 e. The molecular weight excluding hydrogens is 538 g/mol. The molecule has 32 heavy (non-hydrogen) atoms. The van der Waals surface area contributed by atoms with Gasteiger partial charge >= 0.3 is 6.18 Å². The van der Waals surface area contributed by atoms with Gasteiger partial charge in [0.15, 0.2) is 5.96 Å². The number of carbonyl (C=O) groups excluding carboxylic acids is 1. The van der Waals surface area contributed by atoms with Gasteiger partial charge in [0.25, 0.3) is 5.91 Å². The molecule has 1 aromatic rings. The van der Waals surface area contributed by atoms with Crippen molar-refractivity contribution in [3.05, 3.63) is 35.4 Å². The second-order valence-corrected chi connectivity index (χ2v) is 7.86. The predicted octanol–water partition coefficient (Wildman–Crippen LogP) is 2.72. The van der Waals surface area contributed by atoms with Crippen LogP contribution < -0.4 is 16.0 Å². The van der Waals surface area contributed by atoms with E-state index < -0.39 is 17.6 Å². The molecule has 7 nitrogen and oxygen atoms in total. The Morgan fingerprint density at radius 1 is 1.06 bits per heavy atom. The van der Waals surface area contributed by atoms with Gasteiger partial charge in [-0.1, -0.05) is 0 Å². The fourth-order valence-electron chi connectivity index (χ4n) is 3.15. The molecule has 0 bridgehead atoms. The summed E-state index contributed by atoms with van der Waals surface area (Å²) in [6.45, 7) is 11.5. The molecule has 0 radical (unpaired) electrons. The highest BCUT2D eigenvalue weighted by Crippen LogP contribution is 2.29. The predicted molar refractivity (Wildman–Crippen MR) is 130 cm³/mol. The number of rotatable bonds is 8. The maximum Gasteiger partial charge on any atom is 0.416 e. The molecule has 0 aromatic heterocycles. The number of benzene rings is 1. The Kier molecular flexibility index (Phi) is 11.7. The van der Waals surface area contributed by atoms with Crippen molar-refractivity contribution in [3.63, 3.8) is 0 Å². The van der Waals surface area contributed by atoms with Crippen LogP contribution in [0.3, 0.4) is 0 Å². The summed E-state index contributed by atoms with van der Waals surface area (Å²) < 4.78 is 43.3. The van der Waals surface area contributed by atoms with Crippen LogP contribution in [0.15, 0.2) is 29.3 Å². The largest absolute Gasteiger partial charge is 0.416 e. The lowest BCUT2D eigenvalue weighted by Crippen LogP contribution is -2.52. The average molecular weight is 571 g/mol. The van der Waals surface area contributed by atoms with Crippen molar-refractivity contribution >= 4 is 35.8 Å². The topological polar surface area (TPSA) is 78.0 Å². The lowest BCUT2D eigenvalue weighted by atomic mass is 10.0. The fraction of sp³-hybridized carbons (Fsp3) is 0.619. The summed E-state index contributed by atoms with van der Waals surface area (Å²) in [5.41, 5.74) is -0.707. The van der Waals surface area contributed by atoms with Crippen LogP contribution in [-0.2, 0) is 10.9 Å². The molecule has 11 heteroatoms. The van der Waals surface area contributed by atoms with Gasteiger partial charge in [0.05, 0.1) is 25.3 Å². The van der Waals surface area contributed by atoms with E-state index in [2.05, 4.69) is 39.7 Å². The van der Waals surface area contributed by atoms with E-state index in [1.165, 1.54) is 12.1 Å². The van der Waals surface area contributed by atoms with E-state index in [1.807, 2.05) is 6.92 Å². The molecule has 0 spiro atoms. The summed E-state index contributed by atoms with van der Waals surface area (Å²) in [5.74, 6) is 0.221. The van der Waals surface area contributed by atoms with E-state index in [0.29, 0.717) is 32.1 Å². The van der Waals surface area contributed by atoms with Crippen LogP contribution in [0.1, 0.15) is 36.7 Å². The zero-order valence-electron chi connectivity index (χ0n) is 18.7. The number of carbonyl (C=O) groups is 1. The molecule has 1 aliphatic heterocycles. The molecule has 3 N–H and O–H groups in total. The van der Waals surface area contributed by atoms with Gasteiger partial charge in [-0.05, 0) is 45.0 Å². The summed E-state index contributed by atoms with van der Waals surface area (Å²) >= 11 is 0. The molecule has 1 amide bonds. The minimum Gasteiger partial charge on any atom is -0.379 e. The summed E-state index contributed by atoms with van der Waals surface area (Å²) in [6.07, 6.45) is -4.42. The van der Waals surface area contributed by atoms with Crippen LogP contribution in [0, 0.1) is 0 Å². The summed E-state index contributed by atoms with van der Waals surface area (Å²) in [4.78, 5) is 19.1. The van der Waals surface area contributed by atoms with E-state index in [0.717, 1.165) is 38.4 Å². The van der Waals surface area contributed by atoms with Crippen LogP contribution in [0.2, 0.25) is 0 Å². The minimum atomic E-state index is -4.42. The van der Waals surface area contributed by atoms with Gasteiger partial charge in [0.2, 0.25) is 0 Å². The molecule has 1 aliphatic rings. The molecule has 0 saturated carbocycles. The van der Waals surface area contributed by atoms with E-state index in [9.17, 15) is 18.0 Å². The number of hydrogen-bond acceptors (Lipinski definition) is 4. The summed E-state index contributed by atoms with van der Waals surface area (Å²) in [5, 5.41) is 9.03. The van der Waals surface area contributed by atoms with Crippen LogP contribution in [0.25, 0.3) is 0 Å². The third kappa shape index (κ3) is 9.10.